The van der Waals surface area contributed by atoms with Crippen LogP contribution in [0.1, 0.15) is 6.42 Å². The molecule has 6 nitrogen and oxygen atoms in total. The summed E-state index contributed by atoms with van der Waals surface area (Å²) in [5.41, 5.74) is 11.0. The second-order valence-corrected chi connectivity index (χ2v) is 6.78. The van der Waals surface area contributed by atoms with Gasteiger partial charge in [-0.15, -0.1) is 0 Å². The summed E-state index contributed by atoms with van der Waals surface area (Å²) in [6.07, 6.45) is 0.442. The normalized spacial score (nSPS) is 20.6. The molecule has 0 aliphatic carbocycles. The summed E-state index contributed by atoms with van der Waals surface area (Å²) < 4.78 is 25.9. The molecule has 1 heterocycles. The van der Waals surface area contributed by atoms with Gasteiger partial charge >= 0.3 is 0 Å². The molecule has 1 amide bonds. The summed E-state index contributed by atoms with van der Waals surface area (Å²) in [7, 11) is -3.66. The Kier molecular flexibility index (Phi) is 3.71. The van der Waals surface area contributed by atoms with Crippen LogP contribution in [0, 0.1) is 5.92 Å². The third-order valence-electron chi connectivity index (χ3n) is 3.16. The van der Waals surface area contributed by atoms with Crippen molar-refractivity contribution in [3.63, 3.8) is 0 Å². The van der Waals surface area contributed by atoms with E-state index < -0.39 is 21.8 Å². The van der Waals surface area contributed by atoms with E-state index in [1.807, 2.05) is 0 Å². The molecule has 1 aliphatic heterocycles. The van der Waals surface area contributed by atoms with Crippen LogP contribution in [-0.4, -0.2) is 31.7 Å². The Balaban J connectivity index is 2.28. The van der Waals surface area contributed by atoms with Crippen molar-refractivity contribution in [2.45, 2.75) is 11.3 Å². The largest absolute Gasteiger partial charge is 0.397 e. The van der Waals surface area contributed by atoms with Crippen molar-refractivity contribution in [3.05, 3.63) is 23.2 Å². The topological polar surface area (TPSA) is 106 Å². The molecule has 1 aromatic carbocycles. The molecule has 1 aromatic rings. The minimum Gasteiger partial charge on any atom is -0.397 e. The van der Waals surface area contributed by atoms with Crippen molar-refractivity contribution in [1.82, 2.24) is 4.31 Å². The van der Waals surface area contributed by atoms with E-state index in [1.54, 1.807) is 0 Å². The summed E-state index contributed by atoms with van der Waals surface area (Å²) in [6.45, 7) is 0.388. The zero-order valence-corrected chi connectivity index (χ0v) is 11.6. The molecule has 1 atom stereocenters. The Bertz CT molecular complexity index is 618. The van der Waals surface area contributed by atoms with Gasteiger partial charge in [-0.25, -0.2) is 8.42 Å². The molecule has 1 unspecified atom stereocenters. The zero-order chi connectivity index (χ0) is 14.2. The number of sulfonamides is 1. The lowest BCUT2D eigenvalue weighted by Crippen LogP contribution is -2.31. The molecule has 4 N–H and O–H groups in total. The lowest BCUT2D eigenvalue weighted by molar-refractivity contribution is -0.121. The highest BCUT2D eigenvalue weighted by Gasteiger charge is 2.35. The number of amides is 1. The average molecular weight is 304 g/mol. The molecule has 1 saturated heterocycles. The number of nitrogen functional groups attached to an aromatic ring is 1. The minimum absolute atomic E-state index is 0.0690. The van der Waals surface area contributed by atoms with Crippen LogP contribution >= 0.6 is 11.6 Å². The standard InChI is InChI=1S/C11H14ClN3O3S/c12-9-2-1-8(5-10(9)13)19(17,18)15-4-3-7(6-15)11(14)16/h1-2,5,7H,3-4,6,13H2,(H2,14,16). The van der Waals surface area contributed by atoms with E-state index in [4.69, 9.17) is 23.1 Å². The number of halogens is 1. The fourth-order valence-corrected chi connectivity index (χ4v) is 3.66. The van der Waals surface area contributed by atoms with Crippen molar-refractivity contribution >= 4 is 33.2 Å². The number of hydrogen-bond donors (Lipinski definition) is 2. The minimum atomic E-state index is -3.66. The lowest BCUT2D eigenvalue weighted by atomic mass is 10.1. The van der Waals surface area contributed by atoms with Gasteiger partial charge in [-0.3, -0.25) is 4.79 Å². The number of anilines is 1. The van der Waals surface area contributed by atoms with Gasteiger partial charge in [0, 0.05) is 13.1 Å². The second kappa shape index (κ2) is 4.99. The molecular weight excluding hydrogens is 290 g/mol. The molecule has 8 heteroatoms. The molecule has 2 rings (SSSR count). The summed E-state index contributed by atoms with van der Waals surface area (Å²) in [4.78, 5) is 11.1. The van der Waals surface area contributed by atoms with Gasteiger partial charge in [0.15, 0.2) is 0 Å². The van der Waals surface area contributed by atoms with Crippen LogP contribution in [0.2, 0.25) is 5.02 Å². The van der Waals surface area contributed by atoms with Crippen molar-refractivity contribution in [2.24, 2.45) is 11.7 Å². The second-order valence-electron chi connectivity index (χ2n) is 4.43. The van der Waals surface area contributed by atoms with Gasteiger partial charge in [0.05, 0.1) is 21.5 Å². The number of nitrogens with zero attached hydrogens (tertiary/aromatic N) is 1. The number of benzene rings is 1. The van der Waals surface area contributed by atoms with E-state index in [-0.39, 0.29) is 23.7 Å². The Morgan fingerprint density at radius 2 is 2.11 bits per heavy atom. The van der Waals surface area contributed by atoms with Gasteiger partial charge in [-0.05, 0) is 24.6 Å². The fourth-order valence-electron chi connectivity index (χ4n) is 2.01. The monoisotopic (exact) mass is 303 g/mol. The number of carbonyl (C=O) groups excluding carboxylic acids is 1. The molecule has 1 fully saturated rings. The van der Waals surface area contributed by atoms with Crippen molar-refractivity contribution < 1.29 is 13.2 Å². The van der Waals surface area contributed by atoms with E-state index in [2.05, 4.69) is 0 Å². The maximum Gasteiger partial charge on any atom is 0.243 e. The van der Waals surface area contributed by atoms with Crippen LogP contribution in [0.3, 0.4) is 0 Å². The highest BCUT2D eigenvalue weighted by atomic mass is 35.5. The maximum absolute atomic E-state index is 12.3. The van der Waals surface area contributed by atoms with Gasteiger partial charge in [0.2, 0.25) is 15.9 Å². The van der Waals surface area contributed by atoms with Gasteiger partial charge in [-0.1, -0.05) is 11.6 Å². The van der Waals surface area contributed by atoms with E-state index in [0.717, 1.165) is 0 Å². The van der Waals surface area contributed by atoms with Crippen LogP contribution < -0.4 is 11.5 Å². The molecule has 0 aromatic heterocycles. The number of carbonyl (C=O) groups is 1. The molecule has 0 bridgehead atoms. The number of nitrogens with two attached hydrogens (primary N) is 2. The number of rotatable bonds is 3. The summed E-state index contributed by atoms with van der Waals surface area (Å²) >= 11 is 5.76. The van der Waals surface area contributed by atoms with Crippen LogP contribution in [0.15, 0.2) is 23.1 Å². The average Bonchev–Trinajstić information content (AvgIpc) is 2.82. The fraction of sp³-hybridized carbons (Fsp3) is 0.364. The number of primary amides is 1. The Morgan fingerprint density at radius 1 is 1.42 bits per heavy atom. The third-order valence-corrected chi connectivity index (χ3v) is 5.36. The van der Waals surface area contributed by atoms with Crippen molar-refractivity contribution in [2.75, 3.05) is 18.8 Å². The molecule has 0 radical (unpaired) electrons. The predicted molar refractivity (Wildman–Crippen MR) is 71.9 cm³/mol. The predicted octanol–water partition coefficient (Wildman–Crippen LogP) is 0.418. The first-order valence-corrected chi connectivity index (χ1v) is 7.48. The summed E-state index contributed by atoms with van der Waals surface area (Å²) in [5, 5.41) is 0.301. The van der Waals surface area contributed by atoms with Gasteiger partial charge in [0.1, 0.15) is 0 Å². The number of hydrogen-bond acceptors (Lipinski definition) is 4. The van der Waals surface area contributed by atoms with E-state index in [9.17, 15) is 13.2 Å². The quantitative estimate of drug-likeness (QED) is 0.789. The van der Waals surface area contributed by atoms with E-state index in [1.165, 1.54) is 22.5 Å². The van der Waals surface area contributed by atoms with Crippen LogP contribution in [-0.2, 0) is 14.8 Å². The van der Waals surface area contributed by atoms with Crippen LogP contribution in [0.5, 0.6) is 0 Å². The summed E-state index contributed by atoms with van der Waals surface area (Å²) in [5.74, 6) is -0.909. The van der Waals surface area contributed by atoms with Gasteiger partial charge < -0.3 is 11.5 Å². The van der Waals surface area contributed by atoms with E-state index in [0.29, 0.717) is 11.4 Å². The molecule has 0 saturated carbocycles. The maximum atomic E-state index is 12.3. The Labute approximate surface area is 116 Å². The SMILES string of the molecule is NC(=O)C1CCN(S(=O)(=O)c2ccc(Cl)c(N)c2)C1. The van der Waals surface area contributed by atoms with Crippen LogP contribution in [0.4, 0.5) is 5.69 Å². The first kappa shape index (κ1) is 14.1. The molecular formula is C11H14ClN3O3S. The first-order valence-electron chi connectivity index (χ1n) is 5.67. The van der Waals surface area contributed by atoms with Crippen molar-refractivity contribution in [3.8, 4) is 0 Å². The molecule has 1 aliphatic rings. The smallest absolute Gasteiger partial charge is 0.243 e. The molecule has 104 valence electrons. The van der Waals surface area contributed by atoms with Crippen LogP contribution in [0.25, 0.3) is 0 Å². The Morgan fingerprint density at radius 3 is 2.63 bits per heavy atom. The third kappa shape index (κ3) is 2.68. The van der Waals surface area contributed by atoms with Gasteiger partial charge in [-0.2, -0.15) is 4.31 Å². The molecule has 19 heavy (non-hydrogen) atoms. The van der Waals surface area contributed by atoms with Gasteiger partial charge in [0.25, 0.3) is 0 Å². The highest BCUT2D eigenvalue weighted by molar-refractivity contribution is 7.89. The lowest BCUT2D eigenvalue weighted by Gasteiger charge is -2.16. The molecule has 0 spiro atoms. The summed E-state index contributed by atoms with van der Waals surface area (Å²) in [6, 6.07) is 4.15. The van der Waals surface area contributed by atoms with Crippen molar-refractivity contribution in [1.29, 1.82) is 0 Å². The van der Waals surface area contributed by atoms with E-state index >= 15 is 0 Å². The first-order chi connectivity index (χ1) is 8.82. The zero-order valence-electron chi connectivity index (χ0n) is 10.0. The highest BCUT2D eigenvalue weighted by Crippen LogP contribution is 2.27. The Hall–Kier alpha value is -1.31.